The van der Waals surface area contributed by atoms with E-state index in [1.165, 1.54) is 9.80 Å². The molecule has 5 nitrogen and oxygen atoms in total. The lowest BCUT2D eigenvalue weighted by molar-refractivity contribution is -0.125. The summed E-state index contributed by atoms with van der Waals surface area (Å²) in [7, 11) is 0. The van der Waals surface area contributed by atoms with Gasteiger partial charge in [-0.15, -0.1) is 11.3 Å². The minimum Gasteiger partial charge on any atom is -0.285 e. The van der Waals surface area contributed by atoms with Crippen LogP contribution in [0, 0.1) is 0 Å². The Balaban J connectivity index is 1.77. The average Bonchev–Trinajstić information content (AvgIpc) is 3.09. The Morgan fingerprint density at radius 2 is 1.95 bits per heavy atom. The summed E-state index contributed by atoms with van der Waals surface area (Å²) in [6.07, 6.45) is 0. The number of carbonyl (C=O) groups excluding carboxylic acids is 2. The topological polar surface area (TPSA) is 53.5 Å². The first-order valence-electron chi connectivity index (χ1n) is 7.17. The van der Waals surface area contributed by atoms with E-state index in [9.17, 15) is 9.59 Å². The highest BCUT2D eigenvalue weighted by molar-refractivity contribution is 7.09. The number of hydrogen-bond acceptors (Lipinski definition) is 4. The number of anilines is 1. The van der Waals surface area contributed by atoms with Crippen LogP contribution in [-0.2, 0) is 11.3 Å². The molecule has 1 aromatic heterocycles. The van der Waals surface area contributed by atoms with E-state index in [-0.39, 0.29) is 25.0 Å². The Morgan fingerprint density at radius 1 is 1.23 bits per heavy atom. The van der Waals surface area contributed by atoms with Crippen molar-refractivity contribution >= 4 is 29.0 Å². The molecule has 0 saturated carbocycles. The van der Waals surface area contributed by atoms with Crippen LogP contribution >= 0.6 is 11.3 Å². The van der Waals surface area contributed by atoms with Crippen LogP contribution in [0.3, 0.4) is 0 Å². The Bertz CT molecular complexity index is 696. The van der Waals surface area contributed by atoms with Crippen molar-refractivity contribution in [3.63, 3.8) is 0 Å². The molecule has 2 heterocycles. The van der Waals surface area contributed by atoms with Gasteiger partial charge in [0.25, 0.3) is 5.91 Å². The highest BCUT2D eigenvalue weighted by atomic mass is 32.1. The van der Waals surface area contributed by atoms with E-state index in [2.05, 4.69) is 18.8 Å². The summed E-state index contributed by atoms with van der Waals surface area (Å²) in [6, 6.07) is 8.96. The highest BCUT2D eigenvalue weighted by Crippen LogP contribution is 2.24. The standard InChI is InChI=1S/C16H17N3O2S/c1-11(2)15-17-12(10-22-15)8-19-14(20)9-18(16(19)21)13-6-4-3-5-7-13/h3-7,10-11H,8-9H2,1-2H3. The molecule has 0 unspecified atom stereocenters. The van der Waals surface area contributed by atoms with Crippen molar-refractivity contribution in [2.24, 2.45) is 0 Å². The van der Waals surface area contributed by atoms with E-state index in [1.54, 1.807) is 11.3 Å². The summed E-state index contributed by atoms with van der Waals surface area (Å²) in [5.41, 5.74) is 1.51. The Labute approximate surface area is 133 Å². The number of aromatic nitrogens is 1. The maximum Gasteiger partial charge on any atom is 0.332 e. The van der Waals surface area contributed by atoms with Gasteiger partial charge in [0.1, 0.15) is 6.54 Å². The van der Waals surface area contributed by atoms with Crippen molar-refractivity contribution in [3.05, 3.63) is 46.4 Å². The molecule has 0 aliphatic carbocycles. The monoisotopic (exact) mass is 315 g/mol. The first-order chi connectivity index (χ1) is 10.6. The van der Waals surface area contributed by atoms with E-state index in [4.69, 9.17) is 0 Å². The molecule has 0 N–H and O–H groups in total. The van der Waals surface area contributed by atoms with E-state index < -0.39 is 0 Å². The number of thiazole rings is 1. The third-order valence-corrected chi connectivity index (χ3v) is 4.70. The predicted octanol–water partition coefficient (Wildman–Crippen LogP) is 3.24. The van der Waals surface area contributed by atoms with Gasteiger partial charge in [0, 0.05) is 17.0 Å². The number of para-hydroxylation sites is 1. The molecule has 0 bridgehead atoms. The first-order valence-corrected chi connectivity index (χ1v) is 8.05. The maximum atomic E-state index is 12.5. The van der Waals surface area contributed by atoms with Gasteiger partial charge in [-0.05, 0) is 12.1 Å². The Hall–Kier alpha value is -2.21. The summed E-state index contributed by atoms with van der Waals surface area (Å²) in [5, 5.41) is 2.94. The van der Waals surface area contributed by atoms with Gasteiger partial charge in [0.15, 0.2) is 0 Å². The van der Waals surface area contributed by atoms with Crippen LogP contribution in [0.25, 0.3) is 0 Å². The van der Waals surface area contributed by atoms with Gasteiger partial charge in [0.05, 0.1) is 17.2 Å². The number of amides is 3. The van der Waals surface area contributed by atoms with Gasteiger partial charge >= 0.3 is 6.03 Å². The lowest BCUT2D eigenvalue weighted by Crippen LogP contribution is -2.32. The molecule has 3 rings (SSSR count). The zero-order chi connectivity index (χ0) is 15.7. The zero-order valence-corrected chi connectivity index (χ0v) is 13.3. The molecular weight excluding hydrogens is 298 g/mol. The van der Waals surface area contributed by atoms with Gasteiger partial charge < -0.3 is 0 Å². The molecule has 1 saturated heterocycles. The number of nitrogens with zero attached hydrogens (tertiary/aromatic N) is 3. The van der Waals surface area contributed by atoms with Crippen LogP contribution in [0.15, 0.2) is 35.7 Å². The third-order valence-electron chi connectivity index (χ3n) is 3.51. The van der Waals surface area contributed by atoms with Crippen molar-refractivity contribution in [2.75, 3.05) is 11.4 Å². The summed E-state index contributed by atoms with van der Waals surface area (Å²) < 4.78 is 0. The number of carbonyl (C=O) groups is 2. The van der Waals surface area contributed by atoms with Crippen LogP contribution in [0.4, 0.5) is 10.5 Å². The molecule has 1 aliphatic heterocycles. The number of rotatable bonds is 4. The van der Waals surface area contributed by atoms with Crippen molar-refractivity contribution in [1.82, 2.24) is 9.88 Å². The number of benzene rings is 1. The average molecular weight is 315 g/mol. The number of hydrogen-bond donors (Lipinski definition) is 0. The van der Waals surface area contributed by atoms with Gasteiger partial charge in [-0.3, -0.25) is 14.6 Å². The van der Waals surface area contributed by atoms with E-state index in [1.807, 2.05) is 35.7 Å². The highest BCUT2D eigenvalue weighted by Gasteiger charge is 2.37. The van der Waals surface area contributed by atoms with Crippen LogP contribution in [0.1, 0.15) is 30.5 Å². The number of imide groups is 1. The van der Waals surface area contributed by atoms with Gasteiger partial charge in [-0.2, -0.15) is 0 Å². The van der Waals surface area contributed by atoms with Gasteiger partial charge in [0.2, 0.25) is 0 Å². The van der Waals surface area contributed by atoms with Crippen LogP contribution in [0.5, 0.6) is 0 Å². The summed E-state index contributed by atoms with van der Waals surface area (Å²) in [5.74, 6) is 0.164. The molecule has 114 valence electrons. The molecule has 0 atom stereocenters. The molecule has 6 heteroatoms. The lowest BCUT2D eigenvalue weighted by Gasteiger charge is -2.16. The summed E-state index contributed by atoms with van der Waals surface area (Å²) in [6.45, 7) is 4.48. The number of urea groups is 1. The van der Waals surface area contributed by atoms with E-state index in [0.717, 1.165) is 16.4 Å². The molecule has 22 heavy (non-hydrogen) atoms. The second kappa shape index (κ2) is 5.88. The zero-order valence-electron chi connectivity index (χ0n) is 12.5. The Kier molecular flexibility index (Phi) is 3.94. The summed E-state index contributed by atoms with van der Waals surface area (Å²) >= 11 is 1.57. The normalized spacial score (nSPS) is 15.2. The molecule has 0 spiro atoms. The van der Waals surface area contributed by atoms with Crippen LogP contribution < -0.4 is 4.90 Å². The van der Waals surface area contributed by atoms with E-state index in [0.29, 0.717) is 5.92 Å². The van der Waals surface area contributed by atoms with E-state index >= 15 is 0 Å². The predicted molar refractivity (Wildman–Crippen MR) is 85.9 cm³/mol. The first kappa shape index (κ1) is 14.7. The fraction of sp³-hybridized carbons (Fsp3) is 0.312. The summed E-state index contributed by atoms with van der Waals surface area (Å²) in [4.78, 5) is 31.9. The van der Waals surface area contributed by atoms with Crippen LogP contribution in [0.2, 0.25) is 0 Å². The largest absolute Gasteiger partial charge is 0.332 e. The van der Waals surface area contributed by atoms with Crippen LogP contribution in [-0.4, -0.2) is 28.4 Å². The van der Waals surface area contributed by atoms with Crippen molar-refractivity contribution in [2.45, 2.75) is 26.3 Å². The molecule has 3 amide bonds. The molecule has 1 aromatic carbocycles. The minimum atomic E-state index is -0.282. The maximum absolute atomic E-state index is 12.5. The molecule has 1 fully saturated rings. The molecule has 2 aromatic rings. The van der Waals surface area contributed by atoms with Crippen molar-refractivity contribution in [3.8, 4) is 0 Å². The molecular formula is C16H17N3O2S. The van der Waals surface area contributed by atoms with Crippen molar-refractivity contribution < 1.29 is 9.59 Å². The molecule has 1 aliphatic rings. The smallest absolute Gasteiger partial charge is 0.285 e. The molecule has 0 radical (unpaired) electrons. The Morgan fingerprint density at radius 3 is 2.59 bits per heavy atom. The van der Waals surface area contributed by atoms with Gasteiger partial charge in [-0.25, -0.2) is 9.78 Å². The van der Waals surface area contributed by atoms with Gasteiger partial charge in [-0.1, -0.05) is 32.0 Å². The SMILES string of the molecule is CC(C)c1nc(CN2C(=O)CN(c3ccccc3)C2=O)cs1. The van der Waals surface area contributed by atoms with Crippen molar-refractivity contribution in [1.29, 1.82) is 0 Å². The minimum absolute atomic E-state index is 0.0873. The fourth-order valence-electron chi connectivity index (χ4n) is 2.33. The lowest BCUT2D eigenvalue weighted by atomic mass is 10.2. The second-order valence-electron chi connectivity index (χ2n) is 5.52. The quantitative estimate of drug-likeness (QED) is 0.814. The second-order valence-corrected chi connectivity index (χ2v) is 6.41. The third kappa shape index (κ3) is 2.74. The fourth-order valence-corrected chi connectivity index (χ4v) is 3.15.